The summed E-state index contributed by atoms with van der Waals surface area (Å²) in [5.74, 6) is 0. The number of hydrogen-bond acceptors (Lipinski definition) is 2. The zero-order chi connectivity index (χ0) is 10.8. The summed E-state index contributed by atoms with van der Waals surface area (Å²) in [7, 11) is 0. The van der Waals surface area contributed by atoms with E-state index in [1.807, 2.05) is 17.0 Å². The van der Waals surface area contributed by atoms with Crippen molar-refractivity contribution in [2.45, 2.75) is 45.3 Å². The lowest BCUT2D eigenvalue weighted by atomic mass is 10.1. The van der Waals surface area contributed by atoms with E-state index in [1.54, 1.807) is 0 Å². The maximum absolute atomic E-state index is 9.37. The first kappa shape index (κ1) is 10.4. The molecular weight excluding hydrogens is 188 g/mol. The number of nitrogens with zero attached hydrogens (tertiary/aromatic N) is 2. The molecule has 1 heterocycles. The van der Waals surface area contributed by atoms with E-state index in [0.717, 1.165) is 25.0 Å². The molecule has 3 heteroatoms. The van der Waals surface area contributed by atoms with Crippen LogP contribution in [0.4, 0.5) is 0 Å². The van der Waals surface area contributed by atoms with Gasteiger partial charge in [0.15, 0.2) is 0 Å². The fraction of sp³-hybridized carbons (Fsp3) is 0.583. The van der Waals surface area contributed by atoms with Crippen molar-refractivity contribution in [3.05, 3.63) is 29.6 Å². The van der Waals surface area contributed by atoms with E-state index in [-0.39, 0.29) is 6.10 Å². The maximum Gasteiger partial charge on any atom is 0.0726 e. The normalized spacial score (nSPS) is 21.1. The lowest BCUT2D eigenvalue weighted by Gasteiger charge is -2.03. The Labute approximate surface area is 90.4 Å². The molecule has 2 rings (SSSR count). The number of rotatable bonds is 3. The first-order chi connectivity index (χ1) is 7.15. The zero-order valence-corrected chi connectivity index (χ0v) is 9.35. The molecule has 0 bridgehead atoms. The Bertz CT molecular complexity index is 365. The number of aromatic nitrogens is 2. The second-order valence-corrected chi connectivity index (χ2v) is 4.49. The summed E-state index contributed by atoms with van der Waals surface area (Å²) in [6.07, 6.45) is 6.53. The van der Waals surface area contributed by atoms with Crippen LogP contribution in [0.25, 0.3) is 0 Å². The zero-order valence-electron chi connectivity index (χ0n) is 9.35. The molecular formula is C12H18N2O. The van der Waals surface area contributed by atoms with Crippen molar-refractivity contribution < 1.29 is 5.11 Å². The van der Waals surface area contributed by atoms with E-state index in [9.17, 15) is 5.11 Å². The molecule has 0 spiro atoms. The summed E-state index contributed by atoms with van der Waals surface area (Å²) in [4.78, 5) is 0. The van der Waals surface area contributed by atoms with Gasteiger partial charge in [-0.3, -0.25) is 4.68 Å². The van der Waals surface area contributed by atoms with Gasteiger partial charge in [0.05, 0.1) is 11.8 Å². The van der Waals surface area contributed by atoms with Crippen molar-refractivity contribution in [1.29, 1.82) is 0 Å². The molecule has 15 heavy (non-hydrogen) atoms. The van der Waals surface area contributed by atoms with Crippen molar-refractivity contribution in [2.75, 3.05) is 0 Å². The van der Waals surface area contributed by atoms with Crippen LogP contribution in [0.2, 0.25) is 0 Å². The second kappa shape index (κ2) is 4.19. The van der Waals surface area contributed by atoms with Crippen LogP contribution < -0.4 is 0 Å². The summed E-state index contributed by atoms with van der Waals surface area (Å²) in [5.41, 5.74) is 2.42. The van der Waals surface area contributed by atoms with E-state index < -0.39 is 0 Å². The summed E-state index contributed by atoms with van der Waals surface area (Å²) >= 11 is 0. The summed E-state index contributed by atoms with van der Waals surface area (Å²) in [6, 6.07) is 2.48. The minimum absolute atomic E-state index is 0.229. The highest BCUT2D eigenvalue weighted by Crippen LogP contribution is 2.21. The maximum atomic E-state index is 9.37. The number of hydrogen-bond donors (Lipinski definition) is 1. The molecule has 1 aromatic rings. The smallest absolute Gasteiger partial charge is 0.0726 e. The first-order valence-corrected chi connectivity index (χ1v) is 5.57. The molecule has 0 amide bonds. The third kappa shape index (κ3) is 2.48. The van der Waals surface area contributed by atoms with Gasteiger partial charge in [0.25, 0.3) is 0 Å². The van der Waals surface area contributed by atoms with Gasteiger partial charge < -0.3 is 5.11 Å². The third-order valence-corrected chi connectivity index (χ3v) is 2.79. The monoisotopic (exact) mass is 206 g/mol. The van der Waals surface area contributed by atoms with Gasteiger partial charge >= 0.3 is 0 Å². The molecule has 0 fully saturated rings. The molecule has 82 valence electrons. The minimum Gasteiger partial charge on any atom is -0.389 e. The third-order valence-electron chi connectivity index (χ3n) is 2.79. The van der Waals surface area contributed by atoms with E-state index in [0.29, 0.717) is 6.04 Å². The highest BCUT2D eigenvalue weighted by Gasteiger charge is 2.14. The number of allylic oxidation sites excluding steroid dienone is 1. The fourth-order valence-corrected chi connectivity index (χ4v) is 1.91. The van der Waals surface area contributed by atoms with Crippen molar-refractivity contribution in [3.8, 4) is 0 Å². The molecule has 0 aromatic carbocycles. The predicted octanol–water partition coefficient (Wildman–Crippen LogP) is 2.09. The van der Waals surface area contributed by atoms with Crippen LogP contribution >= 0.6 is 0 Å². The summed E-state index contributed by atoms with van der Waals surface area (Å²) < 4.78 is 1.97. The Morgan fingerprint density at radius 3 is 2.93 bits per heavy atom. The largest absolute Gasteiger partial charge is 0.389 e. The fourth-order valence-electron chi connectivity index (χ4n) is 1.91. The lowest BCUT2D eigenvalue weighted by molar-refractivity contribution is 0.223. The average Bonchev–Trinajstić information content (AvgIpc) is 2.76. The molecule has 1 unspecified atom stereocenters. The van der Waals surface area contributed by atoms with Crippen LogP contribution in [0.1, 0.15) is 38.4 Å². The molecule has 1 aliphatic carbocycles. The minimum atomic E-state index is -0.229. The van der Waals surface area contributed by atoms with Crippen LogP contribution in [0.15, 0.2) is 23.9 Å². The van der Waals surface area contributed by atoms with Gasteiger partial charge in [-0.05, 0) is 32.8 Å². The topological polar surface area (TPSA) is 38.0 Å². The van der Waals surface area contributed by atoms with Gasteiger partial charge in [0.2, 0.25) is 0 Å². The first-order valence-electron chi connectivity index (χ1n) is 5.57. The van der Waals surface area contributed by atoms with Crippen LogP contribution in [-0.2, 0) is 6.42 Å². The van der Waals surface area contributed by atoms with Gasteiger partial charge in [-0.15, -0.1) is 0 Å². The molecule has 1 aromatic heterocycles. The standard InChI is InChI=1S/C12H18N2O/c1-9(2)14-6-5-11(13-14)7-10-3-4-12(15)8-10/h5-6,8-9,12,15H,3-4,7H2,1-2H3. The summed E-state index contributed by atoms with van der Waals surface area (Å²) in [6.45, 7) is 4.24. The predicted molar refractivity (Wildman–Crippen MR) is 59.6 cm³/mol. The van der Waals surface area contributed by atoms with E-state index in [2.05, 4.69) is 25.0 Å². The van der Waals surface area contributed by atoms with Crippen LogP contribution in [0.3, 0.4) is 0 Å². The Morgan fingerprint density at radius 2 is 2.40 bits per heavy atom. The van der Waals surface area contributed by atoms with Gasteiger partial charge in [-0.2, -0.15) is 5.10 Å². The van der Waals surface area contributed by atoms with Gasteiger partial charge in [-0.1, -0.05) is 11.6 Å². The summed E-state index contributed by atoms with van der Waals surface area (Å²) in [5, 5.41) is 13.9. The van der Waals surface area contributed by atoms with E-state index in [4.69, 9.17) is 0 Å². The van der Waals surface area contributed by atoms with Gasteiger partial charge in [0.1, 0.15) is 0 Å². The quantitative estimate of drug-likeness (QED) is 0.769. The SMILES string of the molecule is CC(C)n1ccc(CC2=CC(O)CC2)n1. The Hall–Kier alpha value is -1.09. The van der Waals surface area contributed by atoms with Crippen molar-refractivity contribution in [2.24, 2.45) is 0 Å². The molecule has 0 radical (unpaired) electrons. The van der Waals surface area contributed by atoms with Crippen LogP contribution in [0.5, 0.6) is 0 Å². The van der Waals surface area contributed by atoms with Gasteiger partial charge in [-0.25, -0.2) is 0 Å². The van der Waals surface area contributed by atoms with Crippen LogP contribution in [-0.4, -0.2) is 21.0 Å². The molecule has 0 saturated carbocycles. The molecule has 3 nitrogen and oxygen atoms in total. The van der Waals surface area contributed by atoms with Crippen molar-refractivity contribution in [3.63, 3.8) is 0 Å². The van der Waals surface area contributed by atoms with Gasteiger partial charge in [0, 0.05) is 18.7 Å². The second-order valence-electron chi connectivity index (χ2n) is 4.49. The van der Waals surface area contributed by atoms with Crippen LogP contribution in [0, 0.1) is 0 Å². The van der Waals surface area contributed by atoms with E-state index in [1.165, 1.54) is 5.57 Å². The number of aliphatic hydroxyl groups is 1. The highest BCUT2D eigenvalue weighted by atomic mass is 16.3. The molecule has 0 aliphatic heterocycles. The number of aliphatic hydroxyl groups excluding tert-OH is 1. The van der Waals surface area contributed by atoms with E-state index >= 15 is 0 Å². The Balaban J connectivity index is 2.02. The Morgan fingerprint density at radius 1 is 1.60 bits per heavy atom. The van der Waals surface area contributed by atoms with Crippen molar-refractivity contribution >= 4 is 0 Å². The Kier molecular flexibility index (Phi) is 2.91. The molecule has 1 aliphatic rings. The van der Waals surface area contributed by atoms with Crippen molar-refractivity contribution in [1.82, 2.24) is 9.78 Å². The molecule has 1 N–H and O–H groups in total. The molecule has 1 atom stereocenters. The molecule has 0 saturated heterocycles. The lowest BCUT2D eigenvalue weighted by Crippen LogP contribution is -2.02. The highest BCUT2D eigenvalue weighted by molar-refractivity contribution is 5.19. The average molecular weight is 206 g/mol.